The summed E-state index contributed by atoms with van der Waals surface area (Å²) in [7, 11) is 0. The normalized spacial score (nSPS) is 16.2. The minimum atomic E-state index is -0.167. The maximum absolute atomic E-state index is 11.9. The van der Waals surface area contributed by atoms with Crippen molar-refractivity contribution in [3.63, 3.8) is 0 Å². The second-order valence-electron chi connectivity index (χ2n) is 5.71. The van der Waals surface area contributed by atoms with Crippen molar-refractivity contribution in [2.45, 2.75) is 26.7 Å². The lowest BCUT2D eigenvalue weighted by molar-refractivity contribution is -0.115. The van der Waals surface area contributed by atoms with Gasteiger partial charge < -0.3 is 4.90 Å². The highest BCUT2D eigenvalue weighted by Crippen LogP contribution is 2.15. The molecule has 1 fully saturated rings. The third-order valence-electron chi connectivity index (χ3n) is 3.81. The summed E-state index contributed by atoms with van der Waals surface area (Å²) < 4.78 is 0. The summed E-state index contributed by atoms with van der Waals surface area (Å²) in [6, 6.07) is 8.03. The SMILES string of the molecule is Cc1ccc(C=CC(=O)NC(=S)N2CCC(C)CC2)cc1. The van der Waals surface area contributed by atoms with E-state index in [9.17, 15) is 4.79 Å². The van der Waals surface area contributed by atoms with Gasteiger partial charge in [0.25, 0.3) is 0 Å². The quantitative estimate of drug-likeness (QED) is 0.673. The highest BCUT2D eigenvalue weighted by molar-refractivity contribution is 7.80. The molecular weight excluding hydrogens is 280 g/mol. The van der Waals surface area contributed by atoms with Crippen LogP contribution in [-0.4, -0.2) is 29.0 Å². The molecule has 0 aliphatic carbocycles. The van der Waals surface area contributed by atoms with Gasteiger partial charge in [-0.1, -0.05) is 36.8 Å². The van der Waals surface area contributed by atoms with E-state index in [0.29, 0.717) is 5.11 Å². The Hall–Kier alpha value is -1.68. The fraction of sp³-hybridized carbons (Fsp3) is 0.412. The highest BCUT2D eigenvalue weighted by atomic mass is 32.1. The van der Waals surface area contributed by atoms with E-state index >= 15 is 0 Å². The zero-order valence-corrected chi connectivity index (χ0v) is 13.5. The van der Waals surface area contributed by atoms with E-state index in [1.165, 1.54) is 11.6 Å². The number of piperidine rings is 1. The molecule has 1 saturated heterocycles. The molecule has 1 aromatic carbocycles. The molecule has 1 N–H and O–H groups in total. The minimum absolute atomic E-state index is 0.167. The lowest BCUT2D eigenvalue weighted by atomic mass is 10.00. The van der Waals surface area contributed by atoms with Crippen LogP contribution in [-0.2, 0) is 4.79 Å². The van der Waals surface area contributed by atoms with Gasteiger partial charge in [-0.25, -0.2) is 0 Å². The van der Waals surface area contributed by atoms with Crippen LogP contribution in [0.2, 0.25) is 0 Å². The Labute approximate surface area is 132 Å². The third-order valence-corrected chi connectivity index (χ3v) is 4.17. The Kier molecular flexibility index (Phi) is 5.51. The summed E-state index contributed by atoms with van der Waals surface area (Å²) in [6.07, 6.45) is 5.60. The Morgan fingerprint density at radius 1 is 1.29 bits per heavy atom. The van der Waals surface area contributed by atoms with Crippen LogP contribution in [0.1, 0.15) is 30.9 Å². The van der Waals surface area contributed by atoms with Gasteiger partial charge in [0.05, 0.1) is 0 Å². The number of hydrogen-bond donors (Lipinski definition) is 1. The number of carbonyl (C=O) groups is 1. The van der Waals surface area contributed by atoms with Gasteiger partial charge in [0.15, 0.2) is 5.11 Å². The summed E-state index contributed by atoms with van der Waals surface area (Å²) in [4.78, 5) is 14.0. The largest absolute Gasteiger partial charge is 0.349 e. The molecule has 1 heterocycles. The lowest BCUT2D eigenvalue weighted by Crippen LogP contribution is -2.45. The van der Waals surface area contributed by atoms with Crippen LogP contribution in [0.25, 0.3) is 6.08 Å². The number of carbonyl (C=O) groups excluding carboxylic acids is 1. The summed E-state index contributed by atoms with van der Waals surface area (Å²) in [5, 5.41) is 3.32. The standard InChI is InChI=1S/C17H22N2OS/c1-13-3-5-15(6-4-13)7-8-16(20)18-17(21)19-11-9-14(2)10-12-19/h3-8,14H,9-12H2,1-2H3,(H,18,20,21). The molecule has 3 nitrogen and oxygen atoms in total. The average molecular weight is 302 g/mol. The van der Waals surface area contributed by atoms with E-state index in [1.807, 2.05) is 31.2 Å². The van der Waals surface area contributed by atoms with Crippen LogP contribution in [0, 0.1) is 12.8 Å². The molecule has 0 aromatic heterocycles. The average Bonchev–Trinajstić information content (AvgIpc) is 2.47. The predicted octanol–water partition coefficient (Wildman–Crippen LogP) is 3.14. The van der Waals surface area contributed by atoms with Crippen LogP contribution in [0.4, 0.5) is 0 Å². The highest BCUT2D eigenvalue weighted by Gasteiger charge is 2.18. The first-order valence-corrected chi connectivity index (χ1v) is 7.80. The van der Waals surface area contributed by atoms with Crippen LogP contribution in [0.3, 0.4) is 0 Å². The lowest BCUT2D eigenvalue weighted by Gasteiger charge is -2.31. The van der Waals surface area contributed by atoms with Crippen molar-refractivity contribution in [2.75, 3.05) is 13.1 Å². The van der Waals surface area contributed by atoms with Crippen molar-refractivity contribution in [1.29, 1.82) is 0 Å². The zero-order valence-electron chi connectivity index (χ0n) is 12.6. The predicted molar refractivity (Wildman–Crippen MR) is 90.9 cm³/mol. The number of nitrogens with one attached hydrogen (secondary N) is 1. The van der Waals surface area contributed by atoms with Crippen molar-refractivity contribution < 1.29 is 4.79 Å². The molecule has 0 radical (unpaired) electrons. The van der Waals surface area contributed by atoms with Crippen molar-refractivity contribution in [2.24, 2.45) is 5.92 Å². The van der Waals surface area contributed by atoms with Crippen molar-refractivity contribution >= 4 is 29.3 Å². The summed E-state index contributed by atoms with van der Waals surface area (Å²) >= 11 is 5.30. The summed E-state index contributed by atoms with van der Waals surface area (Å²) in [5.74, 6) is 0.584. The van der Waals surface area contributed by atoms with E-state index in [2.05, 4.69) is 17.1 Å². The Morgan fingerprint density at radius 2 is 1.90 bits per heavy atom. The number of thiocarbonyl (C=S) groups is 1. The maximum Gasteiger partial charge on any atom is 0.250 e. The van der Waals surface area contributed by atoms with Crippen LogP contribution in [0.15, 0.2) is 30.3 Å². The van der Waals surface area contributed by atoms with E-state index < -0.39 is 0 Å². The topological polar surface area (TPSA) is 32.3 Å². The summed E-state index contributed by atoms with van der Waals surface area (Å²) in [6.45, 7) is 6.16. The molecule has 0 bridgehead atoms. The molecule has 0 spiro atoms. The molecular formula is C17H22N2OS. The molecule has 0 atom stereocenters. The van der Waals surface area contributed by atoms with Gasteiger partial charge >= 0.3 is 0 Å². The molecule has 4 heteroatoms. The second kappa shape index (κ2) is 7.36. The molecule has 1 aliphatic rings. The van der Waals surface area contributed by atoms with Gasteiger partial charge in [0.2, 0.25) is 5.91 Å². The second-order valence-corrected chi connectivity index (χ2v) is 6.09. The van der Waals surface area contributed by atoms with E-state index in [1.54, 1.807) is 6.08 Å². The molecule has 112 valence electrons. The number of benzene rings is 1. The number of aryl methyl sites for hydroxylation is 1. The number of amides is 1. The molecule has 1 aromatic rings. The van der Waals surface area contributed by atoms with E-state index in [-0.39, 0.29) is 5.91 Å². The Morgan fingerprint density at radius 3 is 2.52 bits per heavy atom. The fourth-order valence-corrected chi connectivity index (χ4v) is 2.57. The molecule has 1 aliphatic heterocycles. The van der Waals surface area contributed by atoms with Crippen LogP contribution in [0.5, 0.6) is 0 Å². The van der Waals surface area contributed by atoms with Gasteiger partial charge in [-0.2, -0.15) is 0 Å². The van der Waals surface area contributed by atoms with Crippen molar-refractivity contribution in [3.05, 3.63) is 41.5 Å². The molecule has 1 amide bonds. The first kappa shape index (κ1) is 15.7. The Balaban J connectivity index is 1.83. The van der Waals surface area contributed by atoms with E-state index in [4.69, 9.17) is 12.2 Å². The summed E-state index contributed by atoms with van der Waals surface area (Å²) in [5.41, 5.74) is 2.21. The third kappa shape index (κ3) is 4.97. The zero-order chi connectivity index (χ0) is 15.2. The van der Waals surface area contributed by atoms with Gasteiger partial charge in [-0.15, -0.1) is 0 Å². The van der Waals surface area contributed by atoms with Crippen LogP contribution >= 0.6 is 12.2 Å². The fourth-order valence-electron chi connectivity index (χ4n) is 2.29. The number of nitrogens with zero attached hydrogens (tertiary/aromatic N) is 1. The van der Waals surface area contributed by atoms with Crippen molar-refractivity contribution in [1.82, 2.24) is 10.2 Å². The first-order chi connectivity index (χ1) is 10.0. The molecule has 2 rings (SSSR count). The number of likely N-dealkylation sites (tertiary alicyclic amines) is 1. The number of hydrogen-bond acceptors (Lipinski definition) is 2. The van der Waals surface area contributed by atoms with Crippen molar-refractivity contribution in [3.8, 4) is 0 Å². The number of rotatable bonds is 2. The van der Waals surface area contributed by atoms with Gasteiger partial charge in [-0.3, -0.25) is 10.1 Å². The van der Waals surface area contributed by atoms with E-state index in [0.717, 1.165) is 37.4 Å². The molecule has 21 heavy (non-hydrogen) atoms. The van der Waals surface area contributed by atoms with Crippen LogP contribution < -0.4 is 5.32 Å². The van der Waals surface area contributed by atoms with Gasteiger partial charge in [0.1, 0.15) is 0 Å². The molecule has 0 unspecified atom stereocenters. The first-order valence-electron chi connectivity index (χ1n) is 7.39. The maximum atomic E-state index is 11.9. The van der Waals surface area contributed by atoms with Gasteiger partial charge in [-0.05, 0) is 49.5 Å². The monoisotopic (exact) mass is 302 g/mol. The Bertz CT molecular complexity index is 528. The molecule has 0 saturated carbocycles. The van der Waals surface area contributed by atoms with Gasteiger partial charge in [0, 0.05) is 19.2 Å². The smallest absolute Gasteiger partial charge is 0.250 e. The minimum Gasteiger partial charge on any atom is -0.349 e.